The van der Waals surface area contributed by atoms with Gasteiger partial charge in [0.25, 0.3) is 0 Å². The van der Waals surface area contributed by atoms with E-state index >= 15 is 0 Å². The molecular formula is C22H44N2O12. The summed E-state index contributed by atoms with van der Waals surface area (Å²) < 4.78 is 47.4. The molecule has 0 aliphatic rings. The van der Waals surface area contributed by atoms with Crippen LogP contribution in [0.15, 0.2) is 0 Å². The van der Waals surface area contributed by atoms with Crippen LogP contribution < -0.4 is 11.1 Å². The molecule has 0 heterocycles. The maximum Gasteiger partial charge on any atom is 0.329 e. The van der Waals surface area contributed by atoms with E-state index in [0.717, 1.165) is 0 Å². The van der Waals surface area contributed by atoms with E-state index in [1.807, 2.05) is 0 Å². The number of carboxylic acids is 1. The third-order valence-electron chi connectivity index (χ3n) is 3.89. The zero-order valence-corrected chi connectivity index (χ0v) is 21.2. The number of carbonyl (C=O) groups excluding carboxylic acids is 1. The van der Waals surface area contributed by atoms with Crippen molar-refractivity contribution in [2.45, 2.75) is 0 Å². The van der Waals surface area contributed by atoms with Crippen LogP contribution in [0.5, 0.6) is 0 Å². The van der Waals surface area contributed by atoms with E-state index in [1.54, 1.807) is 0 Å². The molecule has 0 aromatic carbocycles. The molecule has 36 heavy (non-hydrogen) atoms. The number of nitrogens with one attached hydrogen (secondary N) is 1. The maximum absolute atomic E-state index is 11.3. The van der Waals surface area contributed by atoms with Crippen LogP contribution in [0, 0.1) is 0 Å². The van der Waals surface area contributed by atoms with Gasteiger partial charge in [-0.3, -0.25) is 4.79 Å². The predicted octanol–water partition coefficient (Wildman–Crippen LogP) is -1.70. The summed E-state index contributed by atoms with van der Waals surface area (Å²) in [5.74, 6) is -1.52. The average molecular weight is 529 g/mol. The van der Waals surface area contributed by atoms with Crippen molar-refractivity contribution in [2.24, 2.45) is 5.73 Å². The number of carbonyl (C=O) groups is 2. The summed E-state index contributed by atoms with van der Waals surface area (Å²) in [4.78, 5) is 21.6. The van der Waals surface area contributed by atoms with Gasteiger partial charge in [-0.05, 0) is 0 Å². The van der Waals surface area contributed by atoms with Gasteiger partial charge < -0.3 is 58.8 Å². The number of aliphatic carboxylic acids is 1. The van der Waals surface area contributed by atoms with Gasteiger partial charge in [0.2, 0.25) is 5.91 Å². The Balaban J connectivity index is 3.09. The van der Waals surface area contributed by atoms with Gasteiger partial charge in [0.05, 0.1) is 106 Å². The van der Waals surface area contributed by atoms with Gasteiger partial charge in [-0.1, -0.05) is 0 Å². The van der Waals surface area contributed by atoms with E-state index in [0.29, 0.717) is 119 Å². The van der Waals surface area contributed by atoms with Gasteiger partial charge in [-0.15, -0.1) is 0 Å². The lowest BCUT2D eigenvalue weighted by atomic mass is 10.6. The smallest absolute Gasteiger partial charge is 0.329 e. The summed E-state index contributed by atoms with van der Waals surface area (Å²) in [5.41, 5.74) is 5.31. The number of hydrogen-bond donors (Lipinski definition) is 3. The minimum atomic E-state index is -1.12. The molecule has 0 rings (SSSR count). The van der Waals surface area contributed by atoms with Crippen LogP contribution in [-0.4, -0.2) is 149 Å². The molecule has 0 aromatic heterocycles. The second kappa shape index (κ2) is 29.8. The van der Waals surface area contributed by atoms with Crippen molar-refractivity contribution in [3.8, 4) is 0 Å². The highest BCUT2D eigenvalue weighted by Crippen LogP contribution is 1.86. The lowest BCUT2D eigenvalue weighted by Gasteiger charge is -2.09. The van der Waals surface area contributed by atoms with Gasteiger partial charge in [0, 0.05) is 13.1 Å². The highest BCUT2D eigenvalue weighted by Gasteiger charge is 2.03. The van der Waals surface area contributed by atoms with E-state index in [2.05, 4.69) is 10.1 Å². The largest absolute Gasteiger partial charge is 0.480 e. The van der Waals surface area contributed by atoms with Crippen LogP contribution in [0.25, 0.3) is 0 Å². The van der Waals surface area contributed by atoms with Crippen molar-refractivity contribution in [3.05, 3.63) is 0 Å². The molecular weight excluding hydrogens is 484 g/mol. The van der Waals surface area contributed by atoms with Gasteiger partial charge >= 0.3 is 5.97 Å². The number of amides is 1. The molecule has 0 saturated carbocycles. The quantitative estimate of drug-likeness (QED) is 0.0900. The standard InChI is InChI=1S/C22H44N2O12/c23-1-3-28-5-7-30-9-11-32-13-15-34-17-18-35-16-14-33-12-10-31-8-6-29-4-2-24-21(25)19-36-20-22(26)27/h1-20,23H2,(H,24,25)(H,26,27). The Labute approximate surface area is 212 Å². The third-order valence-corrected chi connectivity index (χ3v) is 3.89. The van der Waals surface area contributed by atoms with Crippen molar-refractivity contribution in [1.82, 2.24) is 5.32 Å². The first-order valence-electron chi connectivity index (χ1n) is 12.0. The molecule has 4 N–H and O–H groups in total. The highest BCUT2D eigenvalue weighted by atomic mass is 16.6. The van der Waals surface area contributed by atoms with E-state index < -0.39 is 18.5 Å². The second-order valence-electron chi connectivity index (χ2n) is 6.92. The third kappa shape index (κ3) is 30.6. The fraction of sp³-hybridized carbons (Fsp3) is 0.909. The highest BCUT2D eigenvalue weighted by molar-refractivity contribution is 5.77. The molecule has 0 aromatic rings. The number of nitrogens with two attached hydrogens (primary N) is 1. The van der Waals surface area contributed by atoms with Crippen LogP contribution in [0.3, 0.4) is 0 Å². The van der Waals surface area contributed by atoms with E-state index in [1.165, 1.54) is 0 Å². The van der Waals surface area contributed by atoms with E-state index in [9.17, 15) is 9.59 Å². The Hall–Kier alpha value is -1.46. The fourth-order valence-electron chi connectivity index (χ4n) is 2.27. The van der Waals surface area contributed by atoms with Gasteiger partial charge in [-0.25, -0.2) is 4.79 Å². The van der Waals surface area contributed by atoms with E-state index in [4.69, 9.17) is 48.7 Å². The van der Waals surface area contributed by atoms with Crippen LogP contribution >= 0.6 is 0 Å². The first-order valence-corrected chi connectivity index (χ1v) is 12.0. The monoisotopic (exact) mass is 528 g/mol. The molecule has 0 aliphatic carbocycles. The minimum Gasteiger partial charge on any atom is -0.480 e. The summed E-state index contributed by atoms with van der Waals surface area (Å²) in [7, 11) is 0. The van der Waals surface area contributed by atoms with Gasteiger partial charge in [0.15, 0.2) is 0 Å². The molecule has 1 amide bonds. The molecule has 0 fully saturated rings. The topological polar surface area (TPSA) is 175 Å². The molecule has 0 aliphatic heterocycles. The van der Waals surface area contributed by atoms with Crippen molar-refractivity contribution < 1.29 is 57.3 Å². The molecule has 0 bridgehead atoms. The first-order chi connectivity index (χ1) is 17.7. The lowest BCUT2D eigenvalue weighted by Crippen LogP contribution is -2.31. The van der Waals surface area contributed by atoms with Gasteiger partial charge in [-0.2, -0.15) is 0 Å². The molecule has 0 radical (unpaired) electrons. The van der Waals surface area contributed by atoms with E-state index in [-0.39, 0.29) is 6.61 Å². The normalized spacial score (nSPS) is 11.1. The number of hydrogen-bond acceptors (Lipinski definition) is 12. The Bertz CT molecular complexity index is 488. The summed E-state index contributed by atoms with van der Waals surface area (Å²) >= 11 is 0. The Morgan fingerprint density at radius 3 is 1.17 bits per heavy atom. The zero-order chi connectivity index (χ0) is 26.4. The molecule has 0 unspecified atom stereocenters. The fourth-order valence-corrected chi connectivity index (χ4v) is 2.27. The molecule has 214 valence electrons. The first kappa shape index (κ1) is 34.5. The van der Waals surface area contributed by atoms with Crippen molar-refractivity contribution in [1.29, 1.82) is 0 Å². The average Bonchev–Trinajstić information content (AvgIpc) is 2.86. The Morgan fingerprint density at radius 1 is 0.500 bits per heavy atom. The predicted molar refractivity (Wildman–Crippen MR) is 127 cm³/mol. The van der Waals surface area contributed by atoms with Gasteiger partial charge in [0.1, 0.15) is 13.2 Å². The molecule has 0 spiro atoms. The van der Waals surface area contributed by atoms with Crippen molar-refractivity contribution in [2.75, 3.05) is 132 Å². The lowest BCUT2D eigenvalue weighted by molar-refractivity contribution is -0.143. The minimum absolute atomic E-state index is 0.297. The second-order valence-corrected chi connectivity index (χ2v) is 6.92. The molecule has 14 heteroatoms. The summed E-state index contributed by atoms with van der Waals surface area (Å²) in [6, 6.07) is 0. The van der Waals surface area contributed by atoms with Crippen LogP contribution in [0.4, 0.5) is 0 Å². The number of carboxylic acid groups (broad SMARTS) is 1. The SMILES string of the molecule is NCCOCCOCCOCCOCCOCCOCCOCCOCCNC(=O)COCC(=O)O. The molecule has 14 nitrogen and oxygen atoms in total. The number of rotatable bonds is 30. The van der Waals surface area contributed by atoms with Crippen LogP contribution in [0.1, 0.15) is 0 Å². The van der Waals surface area contributed by atoms with Crippen molar-refractivity contribution >= 4 is 11.9 Å². The number of ether oxygens (including phenoxy) is 9. The summed E-state index contributed by atoms with van der Waals surface area (Å²) in [6.45, 7) is 7.60. The van der Waals surface area contributed by atoms with Crippen molar-refractivity contribution in [3.63, 3.8) is 0 Å². The maximum atomic E-state index is 11.3. The Morgan fingerprint density at radius 2 is 0.833 bits per heavy atom. The van der Waals surface area contributed by atoms with Crippen LogP contribution in [-0.2, 0) is 52.2 Å². The Kier molecular flexibility index (Phi) is 28.6. The summed E-state index contributed by atoms with van der Waals surface area (Å²) in [5, 5.41) is 10.9. The molecule has 0 atom stereocenters. The molecule has 0 saturated heterocycles. The van der Waals surface area contributed by atoms with Crippen LogP contribution in [0.2, 0.25) is 0 Å². The zero-order valence-electron chi connectivity index (χ0n) is 21.2. The summed E-state index contributed by atoms with van der Waals surface area (Å²) in [6.07, 6.45) is 0.